The lowest BCUT2D eigenvalue weighted by atomic mass is 10.1. The molecule has 156 valence electrons. The molecule has 30 heavy (non-hydrogen) atoms. The Morgan fingerprint density at radius 2 is 1.73 bits per heavy atom. The highest BCUT2D eigenvalue weighted by Gasteiger charge is 2.18. The number of benzene rings is 2. The minimum atomic E-state index is -0.490. The van der Waals surface area contributed by atoms with E-state index in [-0.39, 0.29) is 17.2 Å². The molecule has 0 saturated carbocycles. The molecular formula is C21H22N4O5. The molecule has 0 unspecified atom stereocenters. The van der Waals surface area contributed by atoms with Gasteiger partial charge in [0.1, 0.15) is 0 Å². The molecule has 0 bridgehead atoms. The van der Waals surface area contributed by atoms with Gasteiger partial charge in [-0.3, -0.25) is 14.4 Å². The van der Waals surface area contributed by atoms with Crippen molar-refractivity contribution in [1.82, 2.24) is 15.5 Å². The highest BCUT2D eigenvalue weighted by Crippen LogP contribution is 2.34. The molecule has 0 radical (unpaired) electrons. The van der Waals surface area contributed by atoms with Crippen molar-refractivity contribution in [3.63, 3.8) is 0 Å². The summed E-state index contributed by atoms with van der Waals surface area (Å²) in [6.07, 6.45) is 0.454. The van der Waals surface area contributed by atoms with Crippen molar-refractivity contribution in [2.24, 2.45) is 0 Å². The summed E-state index contributed by atoms with van der Waals surface area (Å²) in [5.74, 6) is 0.303. The molecular weight excluding hydrogens is 388 g/mol. The molecule has 9 heteroatoms. The fourth-order valence-electron chi connectivity index (χ4n) is 3.09. The Morgan fingerprint density at radius 1 is 1.07 bits per heavy atom. The molecule has 1 aromatic heterocycles. The zero-order chi connectivity index (χ0) is 21.7. The smallest absolute Gasteiger partial charge is 0.276 e. The molecule has 2 aromatic carbocycles. The summed E-state index contributed by atoms with van der Waals surface area (Å²) in [4.78, 5) is 36.2. The van der Waals surface area contributed by atoms with Crippen LogP contribution in [0.2, 0.25) is 0 Å². The molecule has 0 atom stereocenters. The Hall–Kier alpha value is -3.88. The first-order valence-corrected chi connectivity index (χ1v) is 9.22. The summed E-state index contributed by atoms with van der Waals surface area (Å²) in [5.41, 5.74) is 0.945. The van der Waals surface area contributed by atoms with Crippen molar-refractivity contribution in [1.29, 1.82) is 0 Å². The highest BCUT2D eigenvalue weighted by atomic mass is 16.5. The SMILES string of the molecule is COc1cc(CCNC(C)=O)c(NC(=O)c2n[nH]c(=O)c3ccccc23)cc1OC. The van der Waals surface area contributed by atoms with Gasteiger partial charge >= 0.3 is 0 Å². The maximum atomic E-state index is 13.0. The van der Waals surface area contributed by atoms with Gasteiger partial charge in [0.15, 0.2) is 17.2 Å². The molecule has 1 heterocycles. The van der Waals surface area contributed by atoms with Crippen LogP contribution in [0.4, 0.5) is 5.69 Å². The first-order valence-electron chi connectivity index (χ1n) is 9.22. The van der Waals surface area contributed by atoms with E-state index in [0.29, 0.717) is 40.9 Å². The van der Waals surface area contributed by atoms with Gasteiger partial charge in [0, 0.05) is 30.6 Å². The van der Waals surface area contributed by atoms with Crippen LogP contribution >= 0.6 is 0 Å². The quantitative estimate of drug-likeness (QED) is 0.547. The van der Waals surface area contributed by atoms with Gasteiger partial charge in [0.25, 0.3) is 11.5 Å². The van der Waals surface area contributed by atoms with E-state index in [0.717, 1.165) is 5.56 Å². The molecule has 0 fully saturated rings. The second kappa shape index (κ2) is 9.08. The van der Waals surface area contributed by atoms with E-state index in [2.05, 4.69) is 20.8 Å². The normalized spacial score (nSPS) is 10.5. The van der Waals surface area contributed by atoms with Crippen LogP contribution < -0.4 is 25.7 Å². The Labute approximate surface area is 172 Å². The number of aromatic nitrogens is 2. The number of methoxy groups -OCH3 is 2. The third-order valence-electron chi connectivity index (χ3n) is 4.54. The number of rotatable bonds is 7. The van der Waals surface area contributed by atoms with Crippen LogP contribution in [0, 0.1) is 0 Å². The van der Waals surface area contributed by atoms with E-state index in [1.54, 1.807) is 36.4 Å². The summed E-state index contributed by atoms with van der Waals surface area (Å²) in [6, 6.07) is 10.1. The topological polar surface area (TPSA) is 122 Å². The van der Waals surface area contributed by atoms with Crippen molar-refractivity contribution >= 4 is 28.3 Å². The molecule has 3 N–H and O–H groups in total. The van der Waals surface area contributed by atoms with Crippen molar-refractivity contribution in [2.45, 2.75) is 13.3 Å². The van der Waals surface area contributed by atoms with Crippen LogP contribution in [-0.2, 0) is 11.2 Å². The Morgan fingerprint density at radius 3 is 2.40 bits per heavy atom. The van der Waals surface area contributed by atoms with E-state index in [9.17, 15) is 14.4 Å². The summed E-state index contributed by atoms with van der Waals surface area (Å²) in [5, 5.41) is 12.7. The summed E-state index contributed by atoms with van der Waals surface area (Å²) >= 11 is 0. The van der Waals surface area contributed by atoms with Gasteiger partial charge in [0.05, 0.1) is 19.6 Å². The van der Waals surface area contributed by atoms with Crippen molar-refractivity contribution in [3.05, 3.63) is 58.0 Å². The maximum absolute atomic E-state index is 13.0. The molecule has 0 aliphatic carbocycles. The second-order valence-corrected chi connectivity index (χ2v) is 6.50. The predicted octanol–water partition coefficient (Wildman–Crippen LogP) is 1.87. The summed E-state index contributed by atoms with van der Waals surface area (Å²) in [6.45, 7) is 1.82. The van der Waals surface area contributed by atoms with Gasteiger partial charge in [-0.2, -0.15) is 5.10 Å². The van der Waals surface area contributed by atoms with Crippen LogP contribution in [0.3, 0.4) is 0 Å². The van der Waals surface area contributed by atoms with Crippen molar-refractivity contribution in [3.8, 4) is 11.5 Å². The van der Waals surface area contributed by atoms with Gasteiger partial charge in [-0.1, -0.05) is 18.2 Å². The fraction of sp³-hybridized carbons (Fsp3) is 0.238. The van der Waals surface area contributed by atoms with Gasteiger partial charge in [-0.25, -0.2) is 5.10 Å². The third-order valence-corrected chi connectivity index (χ3v) is 4.54. The fourth-order valence-corrected chi connectivity index (χ4v) is 3.09. The second-order valence-electron chi connectivity index (χ2n) is 6.50. The average Bonchev–Trinajstić information content (AvgIpc) is 2.74. The van der Waals surface area contributed by atoms with E-state index in [1.807, 2.05) is 0 Å². The molecule has 3 aromatic rings. The zero-order valence-electron chi connectivity index (χ0n) is 16.9. The number of carbonyl (C=O) groups is 2. The van der Waals surface area contributed by atoms with E-state index >= 15 is 0 Å². The Kier molecular flexibility index (Phi) is 6.31. The van der Waals surface area contributed by atoms with Crippen LogP contribution in [-0.4, -0.2) is 42.8 Å². The van der Waals surface area contributed by atoms with E-state index in [4.69, 9.17) is 9.47 Å². The van der Waals surface area contributed by atoms with Crippen LogP contribution in [0.5, 0.6) is 11.5 Å². The number of ether oxygens (including phenoxy) is 2. The number of carbonyl (C=O) groups excluding carboxylic acids is 2. The highest BCUT2D eigenvalue weighted by molar-refractivity contribution is 6.11. The number of anilines is 1. The number of aromatic amines is 1. The number of nitrogens with one attached hydrogen (secondary N) is 3. The standard InChI is InChI=1S/C21H22N4O5/c1-12(26)22-9-8-13-10-17(29-2)18(30-3)11-16(13)23-21(28)19-14-6-4-5-7-15(14)20(27)25-24-19/h4-7,10-11H,8-9H2,1-3H3,(H,22,26)(H,23,28)(H,25,27). The zero-order valence-corrected chi connectivity index (χ0v) is 16.9. The third kappa shape index (κ3) is 4.40. The number of hydrogen-bond donors (Lipinski definition) is 3. The molecule has 2 amide bonds. The van der Waals surface area contributed by atoms with Crippen molar-refractivity contribution in [2.75, 3.05) is 26.1 Å². The average molecular weight is 410 g/mol. The van der Waals surface area contributed by atoms with Gasteiger partial charge < -0.3 is 20.1 Å². The van der Waals surface area contributed by atoms with E-state index < -0.39 is 5.91 Å². The number of H-pyrrole nitrogens is 1. The lowest BCUT2D eigenvalue weighted by molar-refractivity contribution is -0.118. The van der Waals surface area contributed by atoms with Crippen molar-refractivity contribution < 1.29 is 19.1 Å². The first kappa shape index (κ1) is 20.8. The Balaban J connectivity index is 1.98. The number of nitrogens with zero attached hydrogens (tertiary/aromatic N) is 1. The monoisotopic (exact) mass is 410 g/mol. The molecule has 0 aliphatic heterocycles. The van der Waals surface area contributed by atoms with Crippen LogP contribution in [0.15, 0.2) is 41.2 Å². The number of hydrogen-bond acceptors (Lipinski definition) is 6. The minimum absolute atomic E-state index is 0.0906. The molecule has 3 rings (SSSR count). The van der Waals surface area contributed by atoms with Gasteiger partial charge in [0.2, 0.25) is 5.91 Å². The lowest BCUT2D eigenvalue weighted by Crippen LogP contribution is -2.23. The summed E-state index contributed by atoms with van der Waals surface area (Å²) < 4.78 is 10.7. The number of fused-ring (bicyclic) bond motifs is 1. The maximum Gasteiger partial charge on any atom is 0.276 e. The first-order chi connectivity index (χ1) is 14.4. The molecule has 0 aliphatic rings. The van der Waals surface area contributed by atoms with Gasteiger partial charge in [-0.05, 0) is 24.1 Å². The van der Waals surface area contributed by atoms with Gasteiger partial charge in [-0.15, -0.1) is 0 Å². The van der Waals surface area contributed by atoms with Crippen LogP contribution in [0.1, 0.15) is 23.0 Å². The van der Waals surface area contributed by atoms with E-state index in [1.165, 1.54) is 21.1 Å². The van der Waals surface area contributed by atoms with Crippen LogP contribution in [0.25, 0.3) is 10.8 Å². The lowest BCUT2D eigenvalue weighted by Gasteiger charge is -2.16. The molecule has 0 spiro atoms. The Bertz CT molecular complexity index is 1160. The largest absolute Gasteiger partial charge is 0.493 e. The summed E-state index contributed by atoms with van der Waals surface area (Å²) in [7, 11) is 3.02. The molecule has 9 nitrogen and oxygen atoms in total. The number of amides is 2. The minimum Gasteiger partial charge on any atom is -0.493 e. The predicted molar refractivity (Wildman–Crippen MR) is 112 cm³/mol. The molecule has 0 saturated heterocycles.